The number of rotatable bonds is 1. The summed E-state index contributed by atoms with van der Waals surface area (Å²) in [7, 11) is 0. The van der Waals surface area contributed by atoms with E-state index >= 15 is 0 Å². The van der Waals surface area contributed by atoms with Crippen LogP contribution in [0.2, 0.25) is 0 Å². The number of carbonyl (C=O) groups excluding carboxylic acids is 2. The van der Waals surface area contributed by atoms with Crippen LogP contribution in [0.25, 0.3) is 0 Å². The fraction of sp³-hybridized carbons (Fsp3) is 0.333. The van der Waals surface area contributed by atoms with Gasteiger partial charge in [-0.15, -0.1) is 0 Å². The van der Waals surface area contributed by atoms with E-state index in [1.807, 2.05) is 32.0 Å². The molecule has 3 N–H and O–H groups in total. The maximum atomic E-state index is 11.9. The molecule has 2 rings (SSSR count). The number of quaternary nitrogens is 1. The second kappa shape index (κ2) is 4.55. The maximum absolute atomic E-state index is 11.9. The first-order chi connectivity index (χ1) is 8.08. The van der Waals surface area contributed by atoms with Gasteiger partial charge in [-0.25, -0.2) is 9.69 Å². The molecular formula is C12H16N3O2+. The highest BCUT2D eigenvalue weighted by Crippen LogP contribution is 2.16. The minimum Gasteiger partial charge on any atom is -0.321 e. The van der Waals surface area contributed by atoms with Crippen molar-refractivity contribution in [3.63, 3.8) is 0 Å². The summed E-state index contributed by atoms with van der Waals surface area (Å²) in [6.45, 7) is 4.63. The van der Waals surface area contributed by atoms with E-state index in [4.69, 9.17) is 0 Å². The molecule has 1 aliphatic rings. The Morgan fingerprint density at radius 1 is 1.41 bits per heavy atom. The first kappa shape index (κ1) is 11.6. The molecule has 0 aliphatic carbocycles. The molecule has 0 bridgehead atoms. The summed E-state index contributed by atoms with van der Waals surface area (Å²) in [4.78, 5) is 24.5. The quantitative estimate of drug-likeness (QED) is 0.729. The number of nitrogens with two attached hydrogens (primary N) is 1. The highest BCUT2D eigenvalue weighted by molar-refractivity contribution is 6.02. The molecular weight excluding hydrogens is 218 g/mol. The molecule has 17 heavy (non-hydrogen) atoms. The van der Waals surface area contributed by atoms with Gasteiger partial charge in [0.25, 0.3) is 5.91 Å². The monoisotopic (exact) mass is 234 g/mol. The molecule has 0 saturated carbocycles. The molecule has 1 saturated heterocycles. The topological polar surface area (TPSA) is 66.0 Å². The van der Waals surface area contributed by atoms with E-state index in [-0.39, 0.29) is 11.9 Å². The lowest BCUT2D eigenvalue weighted by molar-refractivity contribution is -0.639. The van der Waals surface area contributed by atoms with Crippen LogP contribution in [0.1, 0.15) is 11.1 Å². The second-order valence-corrected chi connectivity index (χ2v) is 4.25. The number of urea groups is 1. The van der Waals surface area contributed by atoms with Gasteiger partial charge in [0, 0.05) is 5.69 Å². The average molecular weight is 234 g/mol. The predicted molar refractivity (Wildman–Crippen MR) is 63.4 cm³/mol. The third kappa shape index (κ3) is 2.45. The number of aryl methyl sites for hydroxylation is 2. The van der Waals surface area contributed by atoms with E-state index in [0.717, 1.165) is 16.8 Å². The van der Waals surface area contributed by atoms with Gasteiger partial charge in [-0.2, -0.15) is 0 Å². The van der Waals surface area contributed by atoms with Crippen LogP contribution >= 0.6 is 0 Å². The van der Waals surface area contributed by atoms with Gasteiger partial charge < -0.3 is 10.6 Å². The van der Waals surface area contributed by atoms with Crippen LogP contribution in [0.4, 0.5) is 10.5 Å². The highest BCUT2D eigenvalue weighted by Gasteiger charge is 2.29. The molecule has 5 nitrogen and oxygen atoms in total. The molecule has 1 heterocycles. The van der Waals surface area contributed by atoms with Gasteiger partial charge in [-0.3, -0.25) is 4.79 Å². The van der Waals surface area contributed by atoms with Crippen LogP contribution in [0.3, 0.4) is 0 Å². The molecule has 3 amide bonds. The van der Waals surface area contributed by atoms with Crippen molar-refractivity contribution < 1.29 is 14.9 Å². The van der Waals surface area contributed by atoms with Crippen LogP contribution in [-0.4, -0.2) is 30.1 Å². The van der Waals surface area contributed by atoms with Gasteiger partial charge in [0.2, 0.25) is 0 Å². The molecule has 0 atom stereocenters. The number of nitrogens with zero attached hydrogens (tertiary/aromatic N) is 1. The van der Waals surface area contributed by atoms with Crippen LogP contribution in [0.5, 0.6) is 0 Å². The molecule has 1 aliphatic heterocycles. The Labute approximate surface area is 99.8 Å². The molecule has 1 fully saturated rings. The lowest BCUT2D eigenvalue weighted by Crippen LogP contribution is -2.82. The third-order valence-corrected chi connectivity index (χ3v) is 2.81. The molecule has 90 valence electrons. The van der Waals surface area contributed by atoms with Gasteiger partial charge in [-0.1, -0.05) is 12.1 Å². The summed E-state index contributed by atoms with van der Waals surface area (Å²) in [5.74, 6) is -0.146. The largest absolute Gasteiger partial charge is 0.333 e. The zero-order valence-electron chi connectivity index (χ0n) is 9.99. The SMILES string of the molecule is Cc1ccc(C)c(NC(=O)N2C[NH2+]CC2=O)c1. The van der Waals surface area contributed by atoms with Gasteiger partial charge in [0.15, 0.2) is 13.2 Å². The van der Waals surface area contributed by atoms with Crippen molar-refractivity contribution in [1.29, 1.82) is 0 Å². The van der Waals surface area contributed by atoms with Crippen molar-refractivity contribution in [3.8, 4) is 0 Å². The van der Waals surface area contributed by atoms with Gasteiger partial charge in [0.05, 0.1) is 0 Å². The maximum Gasteiger partial charge on any atom is 0.333 e. The number of amides is 3. The predicted octanol–water partition coefficient (Wildman–Crippen LogP) is 0.198. The minimum atomic E-state index is -0.350. The zero-order valence-corrected chi connectivity index (χ0v) is 9.99. The summed E-state index contributed by atoms with van der Waals surface area (Å²) in [6.07, 6.45) is 0. The van der Waals surface area contributed by atoms with Gasteiger partial charge in [0.1, 0.15) is 0 Å². The Balaban J connectivity index is 2.12. The fourth-order valence-electron chi connectivity index (χ4n) is 1.78. The Morgan fingerprint density at radius 3 is 2.82 bits per heavy atom. The summed E-state index contributed by atoms with van der Waals surface area (Å²) >= 11 is 0. The van der Waals surface area contributed by atoms with Crippen LogP contribution < -0.4 is 10.6 Å². The average Bonchev–Trinajstić information content (AvgIpc) is 2.70. The van der Waals surface area contributed by atoms with E-state index < -0.39 is 0 Å². The lowest BCUT2D eigenvalue weighted by atomic mass is 10.1. The standard InChI is InChI=1S/C12H15N3O2/c1-8-3-4-9(2)10(5-8)14-12(17)15-7-13-6-11(15)16/h3-5,13H,6-7H2,1-2H3,(H,14,17)/p+1. The van der Waals surface area contributed by atoms with Crippen LogP contribution in [-0.2, 0) is 4.79 Å². The van der Waals surface area contributed by atoms with Crippen LogP contribution in [0.15, 0.2) is 18.2 Å². The van der Waals surface area contributed by atoms with Crippen molar-refractivity contribution in [2.75, 3.05) is 18.5 Å². The molecule has 0 aromatic heterocycles. The summed E-state index contributed by atoms with van der Waals surface area (Å²) in [5, 5.41) is 4.57. The summed E-state index contributed by atoms with van der Waals surface area (Å²) in [5.41, 5.74) is 2.82. The Hall–Kier alpha value is -1.88. The van der Waals surface area contributed by atoms with E-state index in [1.165, 1.54) is 4.90 Å². The first-order valence-corrected chi connectivity index (χ1v) is 5.58. The minimum absolute atomic E-state index is 0.146. The van der Waals surface area contributed by atoms with Crippen molar-refractivity contribution >= 4 is 17.6 Å². The molecule has 0 radical (unpaired) electrons. The van der Waals surface area contributed by atoms with E-state index in [9.17, 15) is 9.59 Å². The van der Waals surface area contributed by atoms with Gasteiger partial charge in [-0.05, 0) is 31.0 Å². The lowest BCUT2D eigenvalue weighted by Gasteiger charge is -2.13. The number of benzene rings is 1. The number of anilines is 1. The van der Waals surface area contributed by atoms with E-state index in [2.05, 4.69) is 5.32 Å². The summed E-state index contributed by atoms with van der Waals surface area (Å²) in [6, 6.07) is 5.48. The number of nitrogens with one attached hydrogen (secondary N) is 1. The van der Waals surface area contributed by atoms with Crippen molar-refractivity contribution in [2.45, 2.75) is 13.8 Å². The summed E-state index contributed by atoms with van der Waals surface area (Å²) < 4.78 is 0. The smallest absolute Gasteiger partial charge is 0.321 e. The highest BCUT2D eigenvalue weighted by atomic mass is 16.2. The first-order valence-electron chi connectivity index (χ1n) is 5.58. The Bertz CT molecular complexity index is 471. The van der Waals surface area contributed by atoms with Crippen molar-refractivity contribution in [3.05, 3.63) is 29.3 Å². The van der Waals surface area contributed by atoms with Crippen molar-refractivity contribution in [2.24, 2.45) is 0 Å². The Kier molecular flexibility index (Phi) is 3.10. The number of hydrogen-bond donors (Lipinski definition) is 2. The molecule has 1 aromatic carbocycles. The molecule has 1 aromatic rings. The normalized spacial score (nSPS) is 15.2. The van der Waals surface area contributed by atoms with Gasteiger partial charge >= 0.3 is 6.03 Å². The molecule has 0 unspecified atom stereocenters. The Morgan fingerprint density at radius 2 is 2.18 bits per heavy atom. The number of imide groups is 1. The second-order valence-electron chi connectivity index (χ2n) is 4.25. The fourth-order valence-corrected chi connectivity index (χ4v) is 1.78. The number of carbonyl (C=O) groups is 2. The number of hydrogen-bond acceptors (Lipinski definition) is 2. The molecule has 5 heteroatoms. The molecule has 0 spiro atoms. The van der Waals surface area contributed by atoms with E-state index in [1.54, 1.807) is 5.32 Å². The van der Waals surface area contributed by atoms with Crippen LogP contribution in [0, 0.1) is 13.8 Å². The van der Waals surface area contributed by atoms with E-state index in [0.29, 0.717) is 13.2 Å². The zero-order chi connectivity index (χ0) is 12.4. The third-order valence-electron chi connectivity index (χ3n) is 2.81. The van der Waals surface area contributed by atoms with Crippen molar-refractivity contribution in [1.82, 2.24) is 4.90 Å².